The summed E-state index contributed by atoms with van der Waals surface area (Å²) in [6, 6.07) is 5.78. The second-order valence-corrected chi connectivity index (χ2v) is 8.62. The SMILES string of the molecule is Cc1cc(/C=C/C(c2cc(Cl)c(Cl)c(Cl)c2)C(F)(F)F)ccc1C(=O)NC(C)C(=O)NCCF. The molecule has 0 spiro atoms. The van der Waals surface area contributed by atoms with Gasteiger partial charge in [-0.3, -0.25) is 9.59 Å². The number of benzene rings is 2. The number of alkyl halides is 4. The van der Waals surface area contributed by atoms with Gasteiger partial charge in [0.1, 0.15) is 12.7 Å². The van der Waals surface area contributed by atoms with Crippen LogP contribution in [-0.2, 0) is 4.79 Å². The molecule has 11 heteroatoms. The van der Waals surface area contributed by atoms with E-state index in [1.807, 2.05) is 0 Å². The summed E-state index contributed by atoms with van der Waals surface area (Å²) >= 11 is 17.6. The van der Waals surface area contributed by atoms with Gasteiger partial charge in [0.25, 0.3) is 5.91 Å². The van der Waals surface area contributed by atoms with Gasteiger partial charge in [-0.05, 0) is 48.7 Å². The first-order valence-electron chi connectivity index (χ1n) is 9.99. The molecule has 0 bridgehead atoms. The number of carbonyl (C=O) groups is 2. The predicted octanol–water partition coefficient (Wildman–Crippen LogP) is 6.52. The molecule has 0 saturated heterocycles. The van der Waals surface area contributed by atoms with E-state index in [0.29, 0.717) is 11.1 Å². The minimum Gasteiger partial charge on any atom is -0.352 e. The van der Waals surface area contributed by atoms with E-state index >= 15 is 0 Å². The molecule has 2 aromatic carbocycles. The van der Waals surface area contributed by atoms with E-state index in [-0.39, 0.29) is 32.7 Å². The Morgan fingerprint density at radius 2 is 1.71 bits per heavy atom. The lowest BCUT2D eigenvalue weighted by molar-refractivity contribution is -0.139. The highest BCUT2D eigenvalue weighted by molar-refractivity contribution is 6.48. The van der Waals surface area contributed by atoms with Crippen molar-refractivity contribution in [3.8, 4) is 0 Å². The number of allylic oxidation sites excluding steroid dienone is 1. The molecule has 2 unspecified atom stereocenters. The number of carbonyl (C=O) groups excluding carboxylic acids is 2. The fourth-order valence-corrected chi connectivity index (χ4v) is 3.69. The van der Waals surface area contributed by atoms with E-state index in [9.17, 15) is 27.2 Å². The van der Waals surface area contributed by atoms with E-state index in [4.69, 9.17) is 34.8 Å². The van der Waals surface area contributed by atoms with Crippen LogP contribution in [-0.4, -0.2) is 37.3 Å². The number of rotatable bonds is 8. The quantitative estimate of drug-likeness (QED) is 0.296. The molecule has 2 N–H and O–H groups in total. The van der Waals surface area contributed by atoms with Crippen LogP contribution in [0.5, 0.6) is 0 Å². The molecule has 0 aromatic heterocycles. The van der Waals surface area contributed by atoms with Gasteiger partial charge >= 0.3 is 6.18 Å². The second kappa shape index (κ2) is 11.9. The molecule has 0 radical (unpaired) electrons. The van der Waals surface area contributed by atoms with Crippen LogP contribution in [0.2, 0.25) is 15.1 Å². The van der Waals surface area contributed by atoms with Crippen LogP contribution in [0, 0.1) is 6.92 Å². The number of halogens is 7. The van der Waals surface area contributed by atoms with Crippen molar-refractivity contribution in [2.75, 3.05) is 13.2 Å². The summed E-state index contributed by atoms with van der Waals surface area (Å²) in [5.41, 5.74) is 0.974. The third-order valence-electron chi connectivity index (χ3n) is 4.83. The summed E-state index contributed by atoms with van der Waals surface area (Å²) in [6.45, 7) is 2.17. The van der Waals surface area contributed by atoms with E-state index in [2.05, 4.69) is 10.6 Å². The summed E-state index contributed by atoms with van der Waals surface area (Å²) in [7, 11) is 0. The zero-order valence-electron chi connectivity index (χ0n) is 18.1. The monoisotopic (exact) mass is 538 g/mol. The molecule has 0 aliphatic rings. The van der Waals surface area contributed by atoms with Crippen LogP contribution in [0.3, 0.4) is 0 Å². The van der Waals surface area contributed by atoms with Gasteiger partial charge in [0.05, 0.1) is 21.0 Å². The van der Waals surface area contributed by atoms with Crippen molar-refractivity contribution in [2.24, 2.45) is 0 Å². The largest absolute Gasteiger partial charge is 0.399 e. The first kappa shape index (κ1) is 28.0. The first-order valence-corrected chi connectivity index (χ1v) is 11.1. The molecular formula is C23H21Cl3F4N2O2. The molecule has 0 aliphatic heterocycles. The van der Waals surface area contributed by atoms with Crippen molar-refractivity contribution < 1.29 is 27.2 Å². The van der Waals surface area contributed by atoms with Gasteiger partial charge in [-0.25, -0.2) is 4.39 Å². The summed E-state index contributed by atoms with van der Waals surface area (Å²) in [4.78, 5) is 24.3. The van der Waals surface area contributed by atoms with Gasteiger partial charge in [-0.2, -0.15) is 13.2 Å². The van der Waals surface area contributed by atoms with E-state index in [1.165, 1.54) is 31.2 Å². The van der Waals surface area contributed by atoms with Gasteiger partial charge in [0, 0.05) is 12.1 Å². The maximum atomic E-state index is 13.7. The highest BCUT2D eigenvalue weighted by atomic mass is 35.5. The Hall–Kier alpha value is -2.29. The Kier molecular flexibility index (Phi) is 9.79. The van der Waals surface area contributed by atoms with Gasteiger partial charge in [-0.1, -0.05) is 59.1 Å². The average Bonchev–Trinajstić information content (AvgIpc) is 2.74. The summed E-state index contributed by atoms with van der Waals surface area (Å²) in [5, 5.41) is 4.60. The third-order valence-corrected chi connectivity index (χ3v) is 6.03. The topological polar surface area (TPSA) is 58.2 Å². The van der Waals surface area contributed by atoms with Gasteiger partial charge in [0.2, 0.25) is 5.91 Å². The molecule has 2 aromatic rings. The normalized spacial score (nSPS) is 13.6. The third kappa shape index (κ3) is 7.35. The lowest BCUT2D eigenvalue weighted by Gasteiger charge is -2.18. The number of nitrogens with one attached hydrogen (secondary N) is 2. The number of aryl methyl sites for hydroxylation is 1. The van der Waals surface area contributed by atoms with Crippen molar-refractivity contribution in [1.82, 2.24) is 10.6 Å². The van der Waals surface area contributed by atoms with Crippen LogP contribution in [0.25, 0.3) is 6.08 Å². The Morgan fingerprint density at radius 1 is 1.09 bits per heavy atom. The van der Waals surface area contributed by atoms with Gasteiger partial charge in [-0.15, -0.1) is 0 Å². The Morgan fingerprint density at radius 3 is 2.24 bits per heavy atom. The number of amides is 2. The Balaban J connectivity index is 2.23. The molecule has 34 heavy (non-hydrogen) atoms. The van der Waals surface area contributed by atoms with Gasteiger partial charge in [0.15, 0.2) is 0 Å². The van der Waals surface area contributed by atoms with Crippen LogP contribution in [0.15, 0.2) is 36.4 Å². The van der Waals surface area contributed by atoms with Crippen LogP contribution < -0.4 is 10.6 Å². The lowest BCUT2D eigenvalue weighted by atomic mass is 9.96. The molecule has 0 aliphatic carbocycles. The molecule has 0 saturated carbocycles. The molecule has 0 fully saturated rings. The van der Waals surface area contributed by atoms with Crippen LogP contribution in [0.1, 0.15) is 39.9 Å². The lowest BCUT2D eigenvalue weighted by Crippen LogP contribution is -2.45. The number of hydrogen-bond acceptors (Lipinski definition) is 2. The first-order chi connectivity index (χ1) is 15.8. The standard InChI is InChI=1S/C23H21Cl3F4N2O2/c1-12-9-14(3-5-16(12)22(34)32-13(2)21(33)31-8-7-27)4-6-17(23(28,29)30)15-10-18(24)20(26)19(25)11-15/h3-6,9-11,13,17H,7-8H2,1-2H3,(H,31,33)(H,32,34)/b6-4+. The maximum Gasteiger partial charge on any atom is 0.399 e. The van der Waals surface area contributed by atoms with E-state index < -0.39 is 36.6 Å². The van der Waals surface area contributed by atoms with Crippen molar-refractivity contribution >= 4 is 52.7 Å². The zero-order chi connectivity index (χ0) is 25.6. The molecule has 2 amide bonds. The highest BCUT2D eigenvalue weighted by Gasteiger charge is 2.39. The summed E-state index contributed by atoms with van der Waals surface area (Å²) in [6.07, 6.45) is -2.39. The van der Waals surface area contributed by atoms with Crippen molar-refractivity contribution in [2.45, 2.75) is 32.0 Å². The Labute approximate surface area is 209 Å². The minimum absolute atomic E-state index is 0.0318. The van der Waals surface area contributed by atoms with E-state index in [1.54, 1.807) is 6.92 Å². The molecule has 4 nitrogen and oxygen atoms in total. The number of hydrogen-bond donors (Lipinski definition) is 2. The smallest absolute Gasteiger partial charge is 0.352 e. The zero-order valence-corrected chi connectivity index (χ0v) is 20.3. The van der Waals surface area contributed by atoms with Crippen LogP contribution in [0.4, 0.5) is 17.6 Å². The molecular weight excluding hydrogens is 519 g/mol. The molecule has 0 heterocycles. The fraction of sp³-hybridized carbons (Fsp3) is 0.304. The van der Waals surface area contributed by atoms with Crippen molar-refractivity contribution in [3.05, 3.63) is 73.7 Å². The average molecular weight is 540 g/mol. The molecule has 2 atom stereocenters. The minimum atomic E-state index is -4.62. The second-order valence-electron chi connectivity index (χ2n) is 7.43. The maximum absolute atomic E-state index is 13.7. The molecule has 2 rings (SSSR count). The van der Waals surface area contributed by atoms with Crippen molar-refractivity contribution in [3.63, 3.8) is 0 Å². The Bertz CT molecular complexity index is 1070. The van der Waals surface area contributed by atoms with Gasteiger partial charge < -0.3 is 10.6 Å². The van der Waals surface area contributed by atoms with E-state index in [0.717, 1.165) is 18.2 Å². The summed E-state index contributed by atoms with van der Waals surface area (Å²) in [5.74, 6) is -3.08. The summed E-state index contributed by atoms with van der Waals surface area (Å²) < 4.78 is 53.3. The van der Waals surface area contributed by atoms with Crippen molar-refractivity contribution in [1.29, 1.82) is 0 Å². The highest BCUT2D eigenvalue weighted by Crippen LogP contribution is 2.41. The fourth-order valence-electron chi connectivity index (χ4n) is 3.08. The van der Waals surface area contributed by atoms with Crippen LogP contribution >= 0.6 is 34.8 Å². The molecule has 184 valence electrons. The predicted molar refractivity (Wildman–Crippen MR) is 126 cm³/mol.